The van der Waals surface area contributed by atoms with Crippen molar-refractivity contribution in [1.29, 1.82) is 0 Å². The molecule has 0 atom stereocenters. The lowest BCUT2D eigenvalue weighted by molar-refractivity contribution is 0.126. The molecule has 4 heteroatoms. The normalized spacial score (nSPS) is 11.0. The quantitative estimate of drug-likeness (QED) is 0.745. The summed E-state index contributed by atoms with van der Waals surface area (Å²) in [4.78, 5) is 6.41. The second-order valence-corrected chi connectivity index (χ2v) is 3.74. The number of aromatic nitrogens is 1. The average molecular weight is 224 g/mol. The van der Waals surface area contributed by atoms with Gasteiger partial charge in [-0.15, -0.1) is 0 Å². The molecule has 0 saturated heterocycles. The molecular formula is C12H20N2O2. The van der Waals surface area contributed by atoms with Gasteiger partial charge in [-0.3, -0.25) is 9.88 Å². The zero-order chi connectivity index (χ0) is 11.8. The van der Waals surface area contributed by atoms with Crippen LogP contribution in [0, 0.1) is 6.92 Å². The number of ether oxygens (including phenoxy) is 1. The highest BCUT2D eigenvalue weighted by Gasteiger charge is 2.07. The van der Waals surface area contributed by atoms with Crippen molar-refractivity contribution in [2.75, 3.05) is 33.4 Å². The molecule has 0 unspecified atom stereocenters. The Morgan fingerprint density at radius 1 is 1.44 bits per heavy atom. The summed E-state index contributed by atoms with van der Waals surface area (Å²) < 4.78 is 5.05. The van der Waals surface area contributed by atoms with E-state index in [1.807, 2.05) is 13.0 Å². The first-order valence-electron chi connectivity index (χ1n) is 5.50. The Hall–Kier alpha value is -0.970. The Morgan fingerprint density at radius 3 is 2.88 bits per heavy atom. The number of aliphatic hydroxyl groups excluding tert-OH is 1. The van der Waals surface area contributed by atoms with Gasteiger partial charge in [0, 0.05) is 38.6 Å². The van der Waals surface area contributed by atoms with E-state index in [2.05, 4.69) is 16.0 Å². The largest absolute Gasteiger partial charge is 0.395 e. The third-order valence-electron chi connectivity index (χ3n) is 2.54. The first-order valence-corrected chi connectivity index (χ1v) is 5.50. The van der Waals surface area contributed by atoms with Crippen molar-refractivity contribution in [3.8, 4) is 0 Å². The maximum absolute atomic E-state index is 8.99. The molecule has 0 saturated carbocycles. The fourth-order valence-corrected chi connectivity index (χ4v) is 1.56. The van der Waals surface area contributed by atoms with E-state index in [0.29, 0.717) is 13.2 Å². The Morgan fingerprint density at radius 2 is 2.25 bits per heavy atom. The van der Waals surface area contributed by atoms with Crippen LogP contribution in [0.4, 0.5) is 0 Å². The summed E-state index contributed by atoms with van der Waals surface area (Å²) in [5, 5.41) is 8.99. The number of hydrogen-bond acceptors (Lipinski definition) is 4. The van der Waals surface area contributed by atoms with Crippen molar-refractivity contribution in [2.45, 2.75) is 13.5 Å². The standard InChI is InChI=1S/C12H20N2O2/c1-11-12(4-3-5-13-11)10-14(6-8-15)7-9-16-2/h3-5,15H,6-10H2,1-2H3. The maximum atomic E-state index is 8.99. The highest BCUT2D eigenvalue weighted by atomic mass is 16.5. The Balaban J connectivity index is 2.56. The average Bonchev–Trinajstić information content (AvgIpc) is 2.29. The zero-order valence-electron chi connectivity index (χ0n) is 10.0. The van der Waals surface area contributed by atoms with Crippen LogP contribution in [0.5, 0.6) is 0 Å². The summed E-state index contributed by atoms with van der Waals surface area (Å²) in [5.41, 5.74) is 2.25. The SMILES string of the molecule is COCCN(CCO)Cc1cccnc1C. The van der Waals surface area contributed by atoms with Crippen LogP contribution in [0.3, 0.4) is 0 Å². The van der Waals surface area contributed by atoms with Crippen LogP contribution in [0.25, 0.3) is 0 Å². The molecule has 0 bridgehead atoms. The Bertz CT molecular complexity index is 305. The van der Waals surface area contributed by atoms with Gasteiger partial charge in [0.05, 0.1) is 13.2 Å². The van der Waals surface area contributed by atoms with Crippen LogP contribution < -0.4 is 0 Å². The number of methoxy groups -OCH3 is 1. The molecule has 4 nitrogen and oxygen atoms in total. The second kappa shape index (κ2) is 7.33. The van der Waals surface area contributed by atoms with Crippen molar-refractivity contribution >= 4 is 0 Å². The van der Waals surface area contributed by atoms with Gasteiger partial charge < -0.3 is 9.84 Å². The third kappa shape index (κ3) is 4.26. The molecule has 0 amide bonds. The van der Waals surface area contributed by atoms with Crippen molar-refractivity contribution in [3.05, 3.63) is 29.6 Å². The van der Waals surface area contributed by atoms with Gasteiger partial charge in [-0.2, -0.15) is 0 Å². The fourth-order valence-electron chi connectivity index (χ4n) is 1.56. The Kier molecular flexibility index (Phi) is 6.00. The number of aryl methyl sites for hydroxylation is 1. The molecule has 1 heterocycles. The van der Waals surface area contributed by atoms with Crippen molar-refractivity contribution in [3.63, 3.8) is 0 Å². The van der Waals surface area contributed by atoms with Crippen LogP contribution in [-0.4, -0.2) is 48.4 Å². The highest BCUT2D eigenvalue weighted by Crippen LogP contribution is 2.07. The topological polar surface area (TPSA) is 45.6 Å². The molecule has 90 valence electrons. The highest BCUT2D eigenvalue weighted by molar-refractivity contribution is 5.17. The van der Waals surface area contributed by atoms with Crippen molar-refractivity contribution in [2.24, 2.45) is 0 Å². The van der Waals surface area contributed by atoms with Crippen LogP contribution in [0.15, 0.2) is 18.3 Å². The van der Waals surface area contributed by atoms with E-state index in [9.17, 15) is 0 Å². The van der Waals surface area contributed by atoms with Gasteiger partial charge in [0.2, 0.25) is 0 Å². The van der Waals surface area contributed by atoms with Crippen molar-refractivity contribution in [1.82, 2.24) is 9.88 Å². The first kappa shape index (κ1) is 13.1. The van der Waals surface area contributed by atoms with E-state index >= 15 is 0 Å². The maximum Gasteiger partial charge on any atom is 0.0589 e. The van der Waals surface area contributed by atoms with Gasteiger partial charge in [0.15, 0.2) is 0 Å². The number of aliphatic hydroxyl groups is 1. The number of rotatable bonds is 7. The number of pyridine rings is 1. The lowest BCUT2D eigenvalue weighted by Gasteiger charge is -2.21. The van der Waals surface area contributed by atoms with E-state index < -0.39 is 0 Å². The van der Waals surface area contributed by atoms with Crippen LogP contribution in [-0.2, 0) is 11.3 Å². The van der Waals surface area contributed by atoms with E-state index in [0.717, 1.165) is 18.8 Å². The molecule has 0 aliphatic carbocycles. The van der Waals surface area contributed by atoms with Crippen LogP contribution >= 0.6 is 0 Å². The molecular weight excluding hydrogens is 204 g/mol. The molecule has 1 aromatic heterocycles. The molecule has 0 fully saturated rings. The zero-order valence-corrected chi connectivity index (χ0v) is 10.0. The van der Waals surface area contributed by atoms with E-state index in [-0.39, 0.29) is 6.61 Å². The van der Waals surface area contributed by atoms with E-state index in [4.69, 9.17) is 9.84 Å². The molecule has 0 aliphatic rings. The minimum Gasteiger partial charge on any atom is -0.395 e. The van der Waals surface area contributed by atoms with Gasteiger partial charge in [0.25, 0.3) is 0 Å². The summed E-state index contributed by atoms with van der Waals surface area (Å²) >= 11 is 0. The summed E-state index contributed by atoms with van der Waals surface area (Å²) in [6, 6.07) is 4.01. The van der Waals surface area contributed by atoms with Gasteiger partial charge in [-0.1, -0.05) is 6.07 Å². The monoisotopic (exact) mass is 224 g/mol. The lowest BCUT2D eigenvalue weighted by atomic mass is 10.2. The predicted molar refractivity (Wildman–Crippen MR) is 63.2 cm³/mol. The molecule has 0 aliphatic heterocycles. The predicted octanol–water partition coefficient (Wildman–Crippen LogP) is 0.831. The molecule has 1 N–H and O–H groups in total. The van der Waals surface area contributed by atoms with E-state index in [1.54, 1.807) is 13.3 Å². The van der Waals surface area contributed by atoms with Crippen LogP contribution in [0.2, 0.25) is 0 Å². The molecule has 0 spiro atoms. The summed E-state index contributed by atoms with van der Waals surface area (Å²) in [5.74, 6) is 0. The summed E-state index contributed by atoms with van der Waals surface area (Å²) in [6.45, 7) is 5.15. The van der Waals surface area contributed by atoms with Gasteiger partial charge in [0.1, 0.15) is 0 Å². The fraction of sp³-hybridized carbons (Fsp3) is 0.583. The third-order valence-corrected chi connectivity index (χ3v) is 2.54. The molecule has 1 rings (SSSR count). The molecule has 1 aromatic rings. The molecule has 0 radical (unpaired) electrons. The van der Waals surface area contributed by atoms with Crippen molar-refractivity contribution < 1.29 is 9.84 Å². The number of nitrogens with zero attached hydrogens (tertiary/aromatic N) is 2. The van der Waals surface area contributed by atoms with Gasteiger partial charge in [-0.05, 0) is 18.6 Å². The van der Waals surface area contributed by atoms with Gasteiger partial charge >= 0.3 is 0 Å². The lowest BCUT2D eigenvalue weighted by Crippen LogP contribution is -2.30. The summed E-state index contributed by atoms with van der Waals surface area (Å²) in [6.07, 6.45) is 1.80. The minimum absolute atomic E-state index is 0.170. The second-order valence-electron chi connectivity index (χ2n) is 3.74. The molecule has 16 heavy (non-hydrogen) atoms. The number of hydrogen-bond donors (Lipinski definition) is 1. The van der Waals surface area contributed by atoms with Crippen LogP contribution in [0.1, 0.15) is 11.3 Å². The molecule has 0 aromatic carbocycles. The minimum atomic E-state index is 0.170. The summed E-state index contributed by atoms with van der Waals surface area (Å²) in [7, 11) is 1.69. The van der Waals surface area contributed by atoms with Gasteiger partial charge in [-0.25, -0.2) is 0 Å². The Labute approximate surface area is 96.9 Å². The smallest absolute Gasteiger partial charge is 0.0589 e. The van der Waals surface area contributed by atoms with E-state index in [1.165, 1.54) is 5.56 Å². The first-order chi connectivity index (χ1) is 7.77.